The Bertz CT molecular complexity index is 589. The molecular weight excluding hydrogens is 270 g/mol. The molecule has 0 saturated heterocycles. The van der Waals surface area contributed by atoms with Crippen molar-refractivity contribution in [2.45, 2.75) is 52.0 Å². The summed E-state index contributed by atoms with van der Waals surface area (Å²) in [7, 11) is 0. The van der Waals surface area contributed by atoms with E-state index in [1.54, 1.807) is 0 Å². The van der Waals surface area contributed by atoms with Gasteiger partial charge in [0.25, 0.3) is 0 Å². The first-order valence-electron chi connectivity index (χ1n) is 7.37. The van der Waals surface area contributed by atoms with Gasteiger partial charge in [0.1, 0.15) is 5.82 Å². The van der Waals surface area contributed by atoms with Crippen LogP contribution >= 0.6 is 11.6 Å². The highest BCUT2D eigenvalue weighted by Gasteiger charge is 2.33. The molecule has 1 aromatic heterocycles. The molecule has 3 nitrogen and oxygen atoms in total. The van der Waals surface area contributed by atoms with Gasteiger partial charge in [-0.15, -0.1) is 0 Å². The number of hydrogen-bond donors (Lipinski definition) is 1. The smallest absolute Gasteiger partial charge is 0.117 e. The fourth-order valence-electron chi connectivity index (χ4n) is 2.93. The second-order valence-electron chi connectivity index (χ2n) is 5.70. The van der Waals surface area contributed by atoms with Gasteiger partial charge in [-0.05, 0) is 38.8 Å². The third kappa shape index (κ3) is 2.23. The molecule has 2 aromatic rings. The Balaban J connectivity index is 2.82. The minimum Gasteiger partial charge on any atom is -0.329 e. The summed E-state index contributed by atoms with van der Waals surface area (Å²) in [4.78, 5) is 4.88. The molecule has 0 radical (unpaired) electrons. The van der Waals surface area contributed by atoms with E-state index in [9.17, 15) is 0 Å². The summed E-state index contributed by atoms with van der Waals surface area (Å²) < 4.78 is 2.26. The molecule has 0 aliphatic rings. The first-order valence-corrected chi connectivity index (χ1v) is 7.75. The predicted molar refractivity (Wildman–Crippen MR) is 86.4 cm³/mol. The topological polar surface area (TPSA) is 43.8 Å². The van der Waals surface area contributed by atoms with E-state index in [1.807, 2.05) is 18.2 Å². The van der Waals surface area contributed by atoms with Gasteiger partial charge in [-0.3, -0.25) is 0 Å². The van der Waals surface area contributed by atoms with Gasteiger partial charge in [-0.25, -0.2) is 4.98 Å². The van der Waals surface area contributed by atoms with Crippen molar-refractivity contribution in [2.24, 2.45) is 5.73 Å². The maximum absolute atomic E-state index is 6.41. The molecule has 4 heteroatoms. The van der Waals surface area contributed by atoms with Crippen LogP contribution in [0.2, 0.25) is 5.02 Å². The Kier molecular flexibility index (Phi) is 4.40. The summed E-state index contributed by atoms with van der Waals surface area (Å²) >= 11 is 6.41. The molecule has 0 spiro atoms. The quantitative estimate of drug-likeness (QED) is 0.894. The molecule has 0 bridgehead atoms. The molecule has 0 amide bonds. The van der Waals surface area contributed by atoms with E-state index in [1.165, 1.54) is 0 Å². The van der Waals surface area contributed by atoms with E-state index < -0.39 is 0 Å². The maximum Gasteiger partial charge on any atom is 0.117 e. The minimum atomic E-state index is -0.0768. The lowest BCUT2D eigenvalue weighted by molar-refractivity contribution is 0.359. The number of para-hydroxylation sites is 1. The largest absolute Gasteiger partial charge is 0.329 e. The molecule has 0 aliphatic carbocycles. The Morgan fingerprint density at radius 2 is 1.95 bits per heavy atom. The van der Waals surface area contributed by atoms with E-state index in [4.69, 9.17) is 22.3 Å². The highest BCUT2D eigenvalue weighted by Crippen LogP contribution is 2.36. The molecule has 1 heterocycles. The van der Waals surface area contributed by atoms with Crippen LogP contribution in [0.5, 0.6) is 0 Å². The van der Waals surface area contributed by atoms with Crippen LogP contribution in [-0.4, -0.2) is 16.1 Å². The first-order chi connectivity index (χ1) is 9.50. The molecule has 20 heavy (non-hydrogen) atoms. The zero-order chi connectivity index (χ0) is 14.9. The van der Waals surface area contributed by atoms with Gasteiger partial charge in [0.15, 0.2) is 0 Å². The predicted octanol–water partition coefficient (Wildman–Crippen LogP) is 4.29. The van der Waals surface area contributed by atoms with Crippen molar-refractivity contribution in [3.63, 3.8) is 0 Å². The average Bonchev–Trinajstić information content (AvgIpc) is 2.83. The monoisotopic (exact) mass is 293 g/mol. The third-order valence-electron chi connectivity index (χ3n) is 4.40. The summed E-state index contributed by atoms with van der Waals surface area (Å²) in [5.41, 5.74) is 8.01. The number of fused-ring (bicyclic) bond motifs is 1. The van der Waals surface area contributed by atoms with Crippen molar-refractivity contribution in [2.75, 3.05) is 6.54 Å². The normalized spacial score (nSPS) is 12.6. The standard InChI is InChI=1S/C16H24ClN3/c1-5-16(6-2,10-18)15-19-13-9-7-8-12(17)14(13)20(15)11(3)4/h7-9,11H,5-6,10,18H2,1-4H3. The molecule has 110 valence electrons. The third-order valence-corrected chi connectivity index (χ3v) is 4.70. The Morgan fingerprint density at radius 1 is 1.30 bits per heavy atom. The van der Waals surface area contributed by atoms with Crippen LogP contribution in [0.4, 0.5) is 0 Å². The van der Waals surface area contributed by atoms with E-state index in [0.29, 0.717) is 12.6 Å². The van der Waals surface area contributed by atoms with Crippen molar-refractivity contribution >= 4 is 22.6 Å². The molecule has 2 rings (SSSR count). The van der Waals surface area contributed by atoms with Crippen LogP contribution in [0.15, 0.2) is 18.2 Å². The zero-order valence-corrected chi connectivity index (χ0v) is 13.5. The summed E-state index contributed by atoms with van der Waals surface area (Å²) in [6.07, 6.45) is 1.96. The number of nitrogens with two attached hydrogens (primary N) is 1. The van der Waals surface area contributed by atoms with Gasteiger partial charge >= 0.3 is 0 Å². The minimum absolute atomic E-state index is 0.0768. The van der Waals surface area contributed by atoms with Gasteiger partial charge in [-0.2, -0.15) is 0 Å². The molecular formula is C16H24ClN3. The second kappa shape index (κ2) is 5.74. The Morgan fingerprint density at radius 3 is 2.45 bits per heavy atom. The average molecular weight is 294 g/mol. The van der Waals surface area contributed by atoms with Gasteiger partial charge in [0.2, 0.25) is 0 Å². The number of benzene rings is 1. The lowest BCUT2D eigenvalue weighted by Crippen LogP contribution is -2.37. The lowest BCUT2D eigenvalue weighted by atomic mass is 9.81. The Labute approximate surface area is 126 Å². The fourth-order valence-corrected chi connectivity index (χ4v) is 3.19. The number of imidazole rings is 1. The van der Waals surface area contributed by atoms with Crippen LogP contribution < -0.4 is 5.73 Å². The van der Waals surface area contributed by atoms with E-state index in [0.717, 1.165) is 34.7 Å². The number of nitrogens with zero attached hydrogens (tertiary/aromatic N) is 2. The summed E-state index contributed by atoms with van der Waals surface area (Å²) in [6.45, 7) is 9.30. The number of halogens is 1. The molecule has 0 fully saturated rings. The van der Waals surface area contributed by atoms with Gasteiger partial charge < -0.3 is 10.3 Å². The van der Waals surface area contributed by atoms with Crippen molar-refractivity contribution in [1.29, 1.82) is 0 Å². The van der Waals surface area contributed by atoms with Crippen molar-refractivity contribution < 1.29 is 0 Å². The van der Waals surface area contributed by atoms with E-state index in [-0.39, 0.29) is 5.41 Å². The van der Waals surface area contributed by atoms with E-state index >= 15 is 0 Å². The molecule has 2 N–H and O–H groups in total. The highest BCUT2D eigenvalue weighted by atomic mass is 35.5. The molecule has 0 atom stereocenters. The SMILES string of the molecule is CCC(CC)(CN)c1nc2cccc(Cl)c2n1C(C)C. The molecule has 0 aliphatic heterocycles. The Hall–Kier alpha value is -1.06. The van der Waals surface area contributed by atoms with Crippen molar-refractivity contribution in [3.05, 3.63) is 29.0 Å². The number of rotatable bonds is 5. The maximum atomic E-state index is 6.41. The lowest BCUT2D eigenvalue weighted by Gasteiger charge is -2.31. The summed E-state index contributed by atoms with van der Waals surface area (Å²) in [5, 5.41) is 0.757. The first kappa shape index (κ1) is 15.3. The summed E-state index contributed by atoms with van der Waals surface area (Å²) in [5.74, 6) is 1.07. The fraction of sp³-hybridized carbons (Fsp3) is 0.562. The molecule has 0 unspecified atom stereocenters. The van der Waals surface area contributed by atoms with Gasteiger partial charge in [0.05, 0.1) is 16.1 Å². The highest BCUT2D eigenvalue weighted by molar-refractivity contribution is 6.35. The van der Waals surface area contributed by atoms with Gasteiger partial charge in [0, 0.05) is 18.0 Å². The van der Waals surface area contributed by atoms with Crippen molar-refractivity contribution in [1.82, 2.24) is 9.55 Å². The number of aromatic nitrogens is 2. The zero-order valence-electron chi connectivity index (χ0n) is 12.8. The second-order valence-corrected chi connectivity index (χ2v) is 6.11. The van der Waals surface area contributed by atoms with Crippen LogP contribution in [0, 0.1) is 0 Å². The van der Waals surface area contributed by atoms with Crippen LogP contribution in [0.1, 0.15) is 52.4 Å². The van der Waals surface area contributed by atoms with Crippen LogP contribution in [0.3, 0.4) is 0 Å². The van der Waals surface area contributed by atoms with E-state index in [2.05, 4.69) is 32.3 Å². The number of hydrogen-bond acceptors (Lipinski definition) is 2. The van der Waals surface area contributed by atoms with Crippen LogP contribution in [0.25, 0.3) is 11.0 Å². The van der Waals surface area contributed by atoms with Gasteiger partial charge in [-0.1, -0.05) is 31.5 Å². The molecule has 0 saturated carbocycles. The summed E-state index contributed by atoms with van der Waals surface area (Å²) in [6, 6.07) is 6.21. The van der Waals surface area contributed by atoms with Crippen LogP contribution in [-0.2, 0) is 5.41 Å². The van der Waals surface area contributed by atoms with Crippen molar-refractivity contribution in [3.8, 4) is 0 Å². The molecule has 1 aromatic carbocycles.